The van der Waals surface area contributed by atoms with Gasteiger partial charge in [-0.3, -0.25) is 4.79 Å². The number of carbonyl (C=O) groups excluding carboxylic acids is 1. The Balaban J connectivity index is 1.98. The van der Waals surface area contributed by atoms with Crippen LogP contribution in [0, 0.1) is 0 Å². The van der Waals surface area contributed by atoms with Gasteiger partial charge < -0.3 is 14.3 Å². The minimum atomic E-state index is -2.79. The Morgan fingerprint density at radius 2 is 1.59 bits per heavy atom. The maximum absolute atomic E-state index is 11.9. The molecule has 0 bridgehead atoms. The molecule has 0 radical (unpaired) electrons. The summed E-state index contributed by atoms with van der Waals surface area (Å²) in [5.41, 5.74) is 0. The fourth-order valence-corrected chi connectivity index (χ4v) is 8.99. The summed E-state index contributed by atoms with van der Waals surface area (Å²) in [4.78, 5) is 28.9. The second-order valence-corrected chi connectivity index (χ2v) is 13.4. The fraction of sp³-hybridized carbons (Fsp3) is 0.417. The van der Waals surface area contributed by atoms with E-state index in [1.165, 1.54) is 12.0 Å². The number of nitrogens with zero attached hydrogens (tertiary/aromatic N) is 1. The van der Waals surface area contributed by atoms with E-state index in [1.54, 1.807) is 7.05 Å². The molecule has 0 spiro atoms. The fourth-order valence-electron chi connectivity index (χ4n) is 4.39. The lowest BCUT2D eigenvalue weighted by atomic mass is 10.1. The summed E-state index contributed by atoms with van der Waals surface area (Å²) < 4.78 is 12.0. The molecule has 32 heavy (non-hydrogen) atoms. The molecule has 0 unspecified atom stereocenters. The summed E-state index contributed by atoms with van der Waals surface area (Å²) >= 11 is 0. The van der Waals surface area contributed by atoms with Crippen LogP contribution in [0.3, 0.4) is 0 Å². The monoisotopic (exact) mass is 457 g/mol. The van der Waals surface area contributed by atoms with Gasteiger partial charge in [-0.2, -0.15) is 5.06 Å². The average Bonchev–Trinajstić information content (AvgIpc) is 3.05. The van der Waals surface area contributed by atoms with Crippen molar-refractivity contribution in [2.45, 2.75) is 51.0 Å². The van der Waals surface area contributed by atoms with E-state index in [-0.39, 0.29) is 18.1 Å². The summed E-state index contributed by atoms with van der Waals surface area (Å²) in [6.07, 6.45) is -0.0311. The van der Waals surface area contributed by atoms with Gasteiger partial charge in [0.2, 0.25) is 0 Å². The maximum atomic E-state index is 11.9. The van der Waals surface area contributed by atoms with Crippen molar-refractivity contribution < 1.29 is 28.7 Å². The predicted molar refractivity (Wildman–Crippen MR) is 123 cm³/mol. The Morgan fingerprint density at radius 1 is 1.09 bits per heavy atom. The summed E-state index contributed by atoms with van der Waals surface area (Å²) in [5, 5.41) is 13.2. The van der Waals surface area contributed by atoms with E-state index in [0.29, 0.717) is 0 Å². The molecule has 0 amide bonds. The lowest BCUT2D eigenvalue weighted by molar-refractivity contribution is -0.282. The minimum absolute atomic E-state index is 0.0311. The van der Waals surface area contributed by atoms with Crippen LogP contribution in [0.5, 0.6) is 0 Å². The highest BCUT2D eigenvalue weighted by molar-refractivity contribution is 6.99. The Hall–Kier alpha value is -2.52. The minimum Gasteiger partial charge on any atom is -0.476 e. The first-order valence-corrected chi connectivity index (χ1v) is 12.5. The van der Waals surface area contributed by atoms with E-state index < -0.39 is 32.1 Å². The number of hydroxylamine groups is 2. The molecule has 3 rings (SSSR count). The van der Waals surface area contributed by atoms with E-state index in [2.05, 4.69) is 45.0 Å². The third kappa shape index (κ3) is 4.49. The van der Waals surface area contributed by atoms with Gasteiger partial charge in [0.25, 0.3) is 8.32 Å². The molecule has 1 heterocycles. The molecule has 1 aliphatic rings. The number of likely N-dealkylation sites (N-methyl/N-ethyl adjacent to an activating group) is 1. The number of carbonyl (C=O) groups is 2. The summed E-state index contributed by atoms with van der Waals surface area (Å²) in [6, 6.07) is 20.0. The third-order valence-corrected chi connectivity index (χ3v) is 10.9. The molecule has 1 N–H and O–H groups in total. The normalized spacial score (nSPS) is 22.0. The van der Waals surface area contributed by atoms with Crippen molar-refractivity contribution in [2.75, 3.05) is 13.7 Å². The zero-order valence-electron chi connectivity index (χ0n) is 19.2. The second kappa shape index (κ2) is 9.15. The van der Waals surface area contributed by atoms with Crippen LogP contribution in [0.2, 0.25) is 5.04 Å². The van der Waals surface area contributed by atoms with E-state index in [0.717, 1.165) is 10.4 Å². The van der Waals surface area contributed by atoms with E-state index in [1.807, 2.05) is 36.4 Å². The second-order valence-electron chi connectivity index (χ2n) is 9.12. The van der Waals surface area contributed by atoms with Crippen molar-refractivity contribution in [3.63, 3.8) is 0 Å². The first-order valence-electron chi connectivity index (χ1n) is 10.6. The highest BCUT2D eigenvalue weighted by atomic mass is 28.4. The summed E-state index contributed by atoms with van der Waals surface area (Å²) in [6.45, 7) is 7.91. The molecule has 0 aromatic heterocycles. The Bertz CT molecular complexity index is 906. The van der Waals surface area contributed by atoms with Gasteiger partial charge in [0.15, 0.2) is 0 Å². The average molecular weight is 458 g/mol. The molecule has 1 aliphatic heterocycles. The number of benzene rings is 2. The summed E-state index contributed by atoms with van der Waals surface area (Å²) in [5.74, 6) is -4.10. The van der Waals surface area contributed by atoms with Gasteiger partial charge >= 0.3 is 17.7 Å². The van der Waals surface area contributed by atoms with Crippen molar-refractivity contribution >= 4 is 30.6 Å². The molecular weight excluding hydrogens is 426 g/mol. The lowest BCUT2D eigenvalue weighted by Gasteiger charge is -2.43. The Morgan fingerprint density at radius 3 is 2.00 bits per heavy atom. The van der Waals surface area contributed by atoms with Crippen molar-refractivity contribution in [1.82, 2.24) is 5.06 Å². The van der Waals surface area contributed by atoms with Crippen molar-refractivity contribution in [2.24, 2.45) is 0 Å². The topological polar surface area (TPSA) is 85.3 Å². The molecule has 172 valence electrons. The lowest BCUT2D eigenvalue weighted by Crippen LogP contribution is -2.67. The smallest absolute Gasteiger partial charge is 0.379 e. The van der Waals surface area contributed by atoms with Gasteiger partial charge in [-0.1, -0.05) is 81.4 Å². The number of carboxylic acids is 1. The maximum Gasteiger partial charge on any atom is 0.379 e. The number of carboxylic acid groups (broad SMARTS) is 1. The molecule has 8 heteroatoms. The Labute approximate surface area is 190 Å². The molecule has 2 atom stereocenters. The molecular formula is C24H31NO6Si. The van der Waals surface area contributed by atoms with Crippen LogP contribution in [0.1, 0.15) is 34.1 Å². The van der Waals surface area contributed by atoms with Crippen molar-refractivity contribution in [3.8, 4) is 0 Å². The highest BCUT2D eigenvalue weighted by Crippen LogP contribution is 2.38. The predicted octanol–water partition coefficient (Wildman–Crippen LogP) is 2.54. The molecule has 7 nitrogen and oxygen atoms in total. The number of ether oxygens (including phenoxy) is 1. The van der Waals surface area contributed by atoms with Gasteiger partial charge in [-0.05, 0) is 15.4 Å². The van der Waals surface area contributed by atoms with Crippen LogP contribution in [0.25, 0.3) is 0 Å². The number of aliphatic carboxylic acids is 1. The quantitative estimate of drug-likeness (QED) is 0.505. The zero-order valence-corrected chi connectivity index (χ0v) is 20.2. The van der Waals surface area contributed by atoms with Gasteiger partial charge in [-0.15, -0.1) is 0 Å². The standard InChI is InChI=1S/C24H31NO6Si/c1-18(26)30-24(22(27)28)16-19(25(5)31-24)17-29-32(23(2,3)4,20-12-8-6-9-13-20)21-14-10-7-11-15-21/h6-15,19H,16-17H2,1-5H3,(H,27,28)/t19-,24-/m1/s1. The molecule has 1 fully saturated rings. The van der Waals surface area contributed by atoms with Crippen LogP contribution in [0.4, 0.5) is 0 Å². The molecule has 2 aromatic carbocycles. The van der Waals surface area contributed by atoms with Gasteiger partial charge in [0.1, 0.15) is 0 Å². The van der Waals surface area contributed by atoms with Gasteiger partial charge in [-0.25, -0.2) is 9.63 Å². The first-order chi connectivity index (χ1) is 15.0. The number of rotatable bonds is 7. The van der Waals surface area contributed by atoms with Crippen LogP contribution in [-0.4, -0.2) is 55.9 Å². The van der Waals surface area contributed by atoms with E-state index in [4.69, 9.17) is 14.0 Å². The van der Waals surface area contributed by atoms with Gasteiger partial charge in [0, 0.05) is 20.4 Å². The third-order valence-electron chi connectivity index (χ3n) is 5.85. The Kier molecular flexibility index (Phi) is 6.90. The van der Waals surface area contributed by atoms with Crippen LogP contribution >= 0.6 is 0 Å². The van der Waals surface area contributed by atoms with E-state index in [9.17, 15) is 14.7 Å². The number of esters is 1. The largest absolute Gasteiger partial charge is 0.476 e. The van der Waals surface area contributed by atoms with Gasteiger partial charge in [0.05, 0.1) is 12.6 Å². The van der Waals surface area contributed by atoms with Crippen LogP contribution in [0.15, 0.2) is 60.7 Å². The molecule has 2 aromatic rings. The van der Waals surface area contributed by atoms with Crippen LogP contribution < -0.4 is 10.4 Å². The summed E-state index contributed by atoms with van der Waals surface area (Å²) in [7, 11) is -1.16. The molecule has 1 saturated heterocycles. The van der Waals surface area contributed by atoms with Crippen molar-refractivity contribution in [1.29, 1.82) is 0 Å². The van der Waals surface area contributed by atoms with Crippen LogP contribution in [-0.2, 0) is 23.6 Å². The van der Waals surface area contributed by atoms with Crippen molar-refractivity contribution in [3.05, 3.63) is 60.7 Å². The first kappa shape index (κ1) is 24.1. The van der Waals surface area contributed by atoms with E-state index >= 15 is 0 Å². The SMILES string of the molecule is CC(=O)O[C@]1(C(=O)O)C[C@H](CO[Si](c2ccccc2)(c2ccccc2)C(C)(C)C)N(C)O1. The number of hydrogen-bond acceptors (Lipinski definition) is 6. The number of hydrogen-bond donors (Lipinski definition) is 1. The zero-order chi connectivity index (χ0) is 23.6. The molecule has 0 saturated carbocycles. The highest BCUT2D eigenvalue weighted by Gasteiger charge is 2.56. The molecule has 0 aliphatic carbocycles.